The number of methoxy groups -OCH3 is 1. The van der Waals surface area contributed by atoms with Gasteiger partial charge in [0.1, 0.15) is 5.75 Å². The van der Waals surface area contributed by atoms with Gasteiger partial charge >= 0.3 is 5.97 Å². The summed E-state index contributed by atoms with van der Waals surface area (Å²) in [6.07, 6.45) is 1.40. The minimum Gasteiger partial charge on any atom is -0.497 e. The maximum absolute atomic E-state index is 12.1. The Morgan fingerprint density at radius 1 is 1.26 bits per heavy atom. The average molecular weight is 320 g/mol. The maximum atomic E-state index is 12.1. The van der Waals surface area contributed by atoms with Crippen molar-refractivity contribution in [2.24, 2.45) is 11.7 Å². The van der Waals surface area contributed by atoms with Gasteiger partial charge in [0.05, 0.1) is 18.6 Å². The van der Waals surface area contributed by atoms with Crippen LogP contribution in [0.25, 0.3) is 0 Å². The van der Waals surface area contributed by atoms with Gasteiger partial charge in [0.25, 0.3) is 5.91 Å². The molecule has 0 radical (unpaired) electrons. The Morgan fingerprint density at radius 3 is 2.57 bits per heavy atom. The third-order valence-corrected chi connectivity index (χ3v) is 3.83. The Labute approximate surface area is 134 Å². The Hall–Kier alpha value is -2.57. The lowest BCUT2D eigenvalue weighted by atomic mass is 9.97. The van der Waals surface area contributed by atoms with Crippen molar-refractivity contribution in [3.05, 3.63) is 29.8 Å². The molecule has 1 aliphatic rings. The van der Waals surface area contributed by atoms with Gasteiger partial charge in [-0.1, -0.05) is 0 Å². The maximum Gasteiger partial charge on any atom is 0.338 e. The number of nitrogens with two attached hydrogens (primary N) is 1. The first kappa shape index (κ1) is 16.8. The third-order valence-electron chi connectivity index (χ3n) is 3.83. The molecule has 1 aromatic carbocycles. The summed E-state index contributed by atoms with van der Waals surface area (Å²) in [4.78, 5) is 36.7. The largest absolute Gasteiger partial charge is 0.497 e. The van der Waals surface area contributed by atoms with E-state index in [-0.39, 0.29) is 25.0 Å². The number of benzene rings is 1. The zero-order valence-electron chi connectivity index (χ0n) is 13.0. The van der Waals surface area contributed by atoms with E-state index in [0.717, 1.165) is 0 Å². The summed E-state index contributed by atoms with van der Waals surface area (Å²) >= 11 is 0. The van der Waals surface area contributed by atoms with Crippen LogP contribution in [0, 0.1) is 5.92 Å². The van der Waals surface area contributed by atoms with Crippen molar-refractivity contribution in [3.63, 3.8) is 0 Å². The normalized spacial score (nSPS) is 17.4. The number of carbonyl (C=O) groups is 3. The number of carbonyl (C=O) groups excluding carboxylic acids is 3. The summed E-state index contributed by atoms with van der Waals surface area (Å²) in [7, 11) is 1.53. The Balaban J connectivity index is 1.85. The molecular formula is C16H20N2O5. The van der Waals surface area contributed by atoms with Gasteiger partial charge in [-0.3, -0.25) is 9.59 Å². The minimum atomic E-state index is -0.579. The number of nitrogens with zero attached hydrogens (tertiary/aromatic N) is 1. The van der Waals surface area contributed by atoms with Gasteiger partial charge in [0, 0.05) is 13.1 Å². The van der Waals surface area contributed by atoms with E-state index < -0.39 is 11.9 Å². The molecule has 1 saturated heterocycles. The van der Waals surface area contributed by atoms with E-state index in [1.165, 1.54) is 12.0 Å². The molecule has 1 atom stereocenters. The van der Waals surface area contributed by atoms with Crippen LogP contribution in [0.1, 0.15) is 23.2 Å². The first-order valence-corrected chi connectivity index (χ1v) is 7.39. The molecule has 0 aliphatic carbocycles. The van der Waals surface area contributed by atoms with Crippen molar-refractivity contribution in [3.8, 4) is 5.75 Å². The standard InChI is InChI=1S/C16H20N2O5/c1-22-13-6-4-11(5-7-13)16(21)23-10-14(19)18-8-2-3-12(9-18)15(17)20/h4-7,12H,2-3,8-10H2,1H3,(H2,17,20)/t12-/m0/s1. The SMILES string of the molecule is COc1ccc(C(=O)OCC(=O)N2CCC[C@H](C(N)=O)C2)cc1. The topological polar surface area (TPSA) is 98.9 Å². The smallest absolute Gasteiger partial charge is 0.338 e. The van der Waals surface area contributed by atoms with Gasteiger partial charge in [0.2, 0.25) is 5.91 Å². The second-order valence-electron chi connectivity index (χ2n) is 5.39. The fraction of sp³-hybridized carbons (Fsp3) is 0.438. The van der Waals surface area contributed by atoms with Crippen molar-refractivity contribution in [2.75, 3.05) is 26.8 Å². The summed E-state index contributed by atoms with van der Waals surface area (Å²) in [6, 6.07) is 6.41. The van der Waals surface area contributed by atoms with Crippen molar-refractivity contribution >= 4 is 17.8 Å². The number of amides is 2. The zero-order chi connectivity index (χ0) is 16.8. The van der Waals surface area contributed by atoms with E-state index in [2.05, 4.69) is 0 Å². The van der Waals surface area contributed by atoms with Crippen molar-refractivity contribution in [2.45, 2.75) is 12.8 Å². The van der Waals surface area contributed by atoms with Gasteiger partial charge in [-0.25, -0.2) is 4.79 Å². The van der Waals surface area contributed by atoms with E-state index in [4.69, 9.17) is 15.2 Å². The molecule has 1 aliphatic heterocycles. The lowest BCUT2D eigenvalue weighted by Gasteiger charge is -2.31. The van der Waals surface area contributed by atoms with Gasteiger partial charge in [0.15, 0.2) is 6.61 Å². The predicted molar refractivity (Wildman–Crippen MR) is 81.8 cm³/mol. The number of primary amides is 1. The molecule has 124 valence electrons. The number of hydrogen-bond acceptors (Lipinski definition) is 5. The van der Waals surface area contributed by atoms with Crippen molar-refractivity contribution < 1.29 is 23.9 Å². The molecule has 0 aromatic heterocycles. The van der Waals surface area contributed by atoms with Crippen LogP contribution >= 0.6 is 0 Å². The molecular weight excluding hydrogens is 300 g/mol. The van der Waals surface area contributed by atoms with Crippen molar-refractivity contribution in [1.29, 1.82) is 0 Å². The highest BCUT2D eigenvalue weighted by molar-refractivity contribution is 5.91. The molecule has 0 unspecified atom stereocenters. The fourth-order valence-corrected chi connectivity index (χ4v) is 2.46. The average Bonchev–Trinajstić information content (AvgIpc) is 2.59. The van der Waals surface area contributed by atoms with Crippen LogP contribution in [-0.2, 0) is 14.3 Å². The van der Waals surface area contributed by atoms with Crippen LogP contribution in [0.4, 0.5) is 0 Å². The molecule has 2 N–H and O–H groups in total. The molecule has 2 amide bonds. The minimum absolute atomic E-state index is 0.286. The van der Waals surface area contributed by atoms with E-state index in [1.807, 2.05) is 0 Å². The molecule has 2 rings (SSSR count). The van der Waals surface area contributed by atoms with Crippen LogP contribution < -0.4 is 10.5 Å². The lowest BCUT2D eigenvalue weighted by Crippen LogP contribution is -2.45. The van der Waals surface area contributed by atoms with Gasteiger partial charge in [-0.2, -0.15) is 0 Å². The van der Waals surface area contributed by atoms with Crippen LogP contribution in [0.2, 0.25) is 0 Å². The second-order valence-corrected chi connectivity index (χ2v) is 5.39. The van der Waals surface area contributed by atoms with Gasteiger partial charge < -0.3 is 20.1 Å². The highest BCUT2D eigenvalue weighted by Gasteiger charge is 2.27. The Morgan fingerprint density at radius 2 is 1.96 bits per heavy atom. The first-order chi connectivity index (χ1) is 11.0. The second kappa shape index (κ2) is 7.62. The molecule has 0 bridgehead atoms. The monoisotopic (exact) mass is 320 g/mol. The molecule has 0 saturated carbocycles. The summed E-state index contributed by atoms with van der Waals surface area (Å²) in [5.74, 6) is -1.01. The fourth-order valence-electron chi connectivity index (χ4n) is 2.46. The van der Waals surface area contributed by atoms with Crippen molar-refractivity contribution in [1.82, 2.24) is 4.90 Å². The molecule has 1 heterocycles. The quantitative estimate of drug-likeness (QED) is 0.800. The predicted octanol–water partition coefficient (Wildman–Crippen LogP) is 0.576. The molecule has 23 heavy (non-hydrogen) atoms. The number of rotatable bonds is 5. The summed E-state index contributed by atoms with van der Waals surface area (Å²) in [6.45, 7) is 0.479. The highest BCUT2D eigenvalue weighted by atomic mass is 16.5. The Bertz CT molecular complexity index is 585. The molecule has 7 nitrogen and oxygen atoms in total. The number of likely N-dealkylation sites (tertiary alicyclic amines) is 1. The number of ether oxygens (including phenoxy) is 2. The summed E-state index contributed by atoms with van der Waals surface area (Å²) in [5, 5.41) is 0. The van der Waals surface area contributed by atoms with Crippen LogP contribution in [0.3, 0.4) is 0 Å². The number of esters is 1. The summed E-state index contributed by atoms with van der Waals surface area (Å²) < 4.78 is 10.0. The van der Waals surface area contributed by atoms with E-state index >= 15 is 0 Å². The number of hydrogen-bond donors (Lipinski definition) is 1. The molecule has 1 fully saturated rings. The first-order valence-electron chi connectivity index (χ1n) is 7.39. The Kier molecular flexibility index (Phi) is 5.56. The van der Waals surface area contributed by atoms with E-state index in [9.17, 15) is 14.4 Å². The third kappa shape index (κ3) is 4.45. The van der Waals surface area contributed by atoms with E-state index in [1.54, 1.807) is 24.3 Å². The van der Waals surface area contributed by atoms with Gasteiger partial charge in [-0.15, -0.1) is 0 Å². The zero-order valence-corrected chi connectivity index (χ0v) is 13.0. The van der Waals surface area contributed by atoms with Crippen LogP contribution in [-0.4, -0.2) is 49.5 Å². The van der Waals surface area contributed by atoms with Crippen LogP contribution in [0.15, 0.2) is 24.3 Å². The van der Waals surface area contributed by atoms with E-state index in [0.29, 0.717) is 30.7 Å². The molecule has 1 aromatic rings. The molecule has 0 spiro atoms. The number of piperidine rings is 1. The molecule has 7 heteroatoms. The summed E-state index contributed by atoms with van der Waals surface area (Å²) in [5.41, 5.74) is 5.62. The highest BCUT2D eigenvalue weighted by Crippen LogP contribution is 2.16. The van der Waals surface area contributed by atoms with Crippen LogP contribution in [0.5, 0.6) is 5.75 Å². The lowest BCUT2D eigenvalue weighted by molar-refractivity contribution is -0.137. The van der Waals surface area contributed by atoms with Gasteiger partial charge in [-0.05, 0) is 37.1 Å².